The fourth-order valence-corrected chi connectivity index (χ4v) is 3.50. The van der Waals surface area contributed by atoms with E-state index in [2.05, 4.69) is 40.3 Å². The Morgan fingerprint density at radius 3 is 2.71 bits per heavy atom. The van der Waals surface area contributed by atoms with Crippen LogP contribution in [0.25, 0.3) is 10.4 Å². The smallest absolute Gasteiger partial charge is 0.0503 e. The number of rotatable bonds is 3. The summed E-state index contributed by atoms with van der Waals surface area (Å²) in [4.78, 5) is 2.53. The summed E-state index contributed by atoms with van der Waals surface area (Å²) >= 11 is 11.4. The molecule has 1 N–H and O–H groups in total. The third kappa shape index (κ3) is 2.91. The Kier molecular flexibility index (Phi) is 4.26. The highest BCUT2D eigenvalue weighted by Gasteiger charge is 2.10. The lowest BCUT2D eigenvalue weighted by atomic mass is 10.2. The molecule has 4 heteroatoms. The van der Waals surface area contributed by atoms with Crippen molar-refractivity contribution >= 4 is 38.9 Å². The molecule has 1 unspecified atom stereocenters. The van der Waals surface area contributed by atoms with Gasteiger partial charge in [-0.05, 0) is 38.2 Å². The lowest BCUT2D eigenvalue weighted by Gasteiger charge is -2.06. The van der Waals surface area contributed by atoms with Gasteiger partial charge in [-0.3, -0.25) is 0 Å². The van der Waals surface area contributed by atoms with Gasteiger partial charge in [0.05, 0.1) is 5.02 Å². The maximum absolute atomic E-state index is 6.25. The molecule has 1 aromatic carbocycles. The summed E-state index contributed by atoms with van der Waals surface area (Å²) in [6, 6.07) is 10.7. The zero-order valence-electron chi connectivity index (χ0n) is 9.63. The largest absolute Gasteiger partial charge is 0.313 e. The molecule has 1 nitrogen and oxygen atoms in total. The van der Waals surface area contributed by atoms with Crippen molar-refractivity contribution in [2.45, 2.75) is 13.0 Å². The first kappa shape index (κ1) is 13.1. The minimum absolute atomic E-state index is 0.378. The van der Waals surface area contributed by atoms with Crippen LogP contribution >= 0.6 is 38.9 Å². The molecule has 0 aliphatic rings. The van der Waals surface area contributed by atoms with Crippen LogP contribution < -0.4 is 5.32 Å². The molecule has 0 amide bonds. The van der Waals surface area contributed by atoms with Gasteiger partial charge >= 0.3 is 0 Å². The maximum atomic E-state index is 6.25. The number of hydrogen-bond donors (Lipinski definition) is 1. The fourth-order valence-electron chi connectivity index (χ4n) is 1.56. The summed E-state index contributed by atoms with van der Waals surface area (Å²) in [5.41, 5.74) is 1.09. The molecule has 0 fully saturated rings. The number of hydrogen-bond acceptors (Lipinski definition) is 2. The Morgan fingerprint density at radius 1 is 1.29 bits per heavy atom. The van der Waals surface area contributed by atoms with Gasteiger partial charge in [0.1, 0.15) is 0 Å². The maximum Gasteiger partial charge on any atom is 0.0503 e. The zero-order valence-corrected chi connectivity index (χ0v) is 12.8. The number of thiophene rings is 1. The van der Waals surface area contributed by atoms with Crippen LogP contribution in [-0.2, 0) is 0 Å². The van der Waals surface area contributed by atoms with E-state index in [1.165, 1.54) is 9.75 Å². The van der Waals surface area contributed by atoms with Crippen LogP contribution in [-0.4, -0.2) is 7.05 Å². The van der Waals surface area contributed by atoms with Gasteiger partial charge in [0.25, 0.3) is 0 Å². The van der Waals surface area contributed by atoms with Crippen LogP contribution in [0.3, 0.4) is 0 Å². The second-order valence-electron chi connectivity index (χ2n) is 3.84. The molecule has 1 heterocycles. The van der Waals surface area contributed by atoms with E-state index >= 15 is 0 Å². The van der Waals surface area contributed by atoms with Crippen molar-refractivity contribution in [2.75, 3.05) is 7.05 Å². The predicted molar refractivity (Wildman–Crippen MR) is 79.9 cm³/mol. The Labute approximate surface area is 119 Å². The highest BCUT2D eigenvalue weighted by Crippen LogP contribution is 2.36. The van der Waals surface area contributed by atoms with Crippen LogP contribution in [0.5, 0.6) is 0 Å². The van der Waals surface area contributed by atoms with Crippen molar-refractivity contribution in [3.63, 3.8) is 0 Å². The molecule has 0 bridgehead atoms. The molecule has 1 atom stereocenters. The van der Waals surface area contributed by atoms with Gasteiger partial charge in [-0.1, -0.05) is 33.6 Å². The quantitative estimate of drug-likeness (QED) is 0.824. The Morgan fingerprint density at radius 2 is 2.06 bits per heavy atom. The Balaban J connectivity index is 2.37. The highest BCUT2D eigenvalue weighted by molar-refractivity contribution is 9.10. The first-order valence-corrected chi connectivity index (χ1v) is 7.33. The van der Waals surface area contributed by atoms with Crippen LogP contribution in [0.2, 0.25) is 5.02 Å². The summed E-state index contributed by atoms with van der Waals surface area (Å²) in [7, 11) is 1.97. The molecular weight excluding hydrogens is 318 g/mol. The number of nitrogens with one attached hydrogen (secondary N) is 1. The van der Waals surface area contributed by atoms with Crippen LogP contribution in [0.4, 0.5) is 0 Å². The van der Waals surface area contributed by atoms with Gasteiger partial charge in [-0.2, -0.15) is 0 Å². The van der Waals surface area contributed by atoms with Gasteiger partial charge in [0.2, 0.25) is 0 Å². The second-order valence-corrected chi connectivity index (χ2v) is 6.27. The van der Waals surface area contributed by atoms with Gasteiger partial charge in [0.15, 0.2) is 0 Å². The average molecular weight is 331 g/mol. The van der Waals surface area contributed by atoms with E-state index in [9.17, 15) is 0 Å². The van der Waals surface area contributed by atoms with Crippen LogP contribution in [0, 0.1) is 0 Å². The van der Waals surface area contributed by atoms with E-state index in [-0.39, 0.29) is 0 Å². The standard InChI is InChI=1S/C13H13BrClNS/c1-8(16-2)12-5-6-13(17-12)10-4-3-9(14)7-11(10)15/h3-8,16H,1-2H3. The molecule has 2 rings (SSSR count). The second kappa shape index (κ2) is 5.53. The minimum Gasteiger partial charge on any atom is -0.313 e. The van der Waals surface area contributed by atoms with Crippen molar-refractivity contribution in [3.8, 4) is 10.4 Å². The summed E-state index contributed by atoms with van der Waals surface area (Å²) in [6.45, 7) is 2.15. The van der Waals surface area contributed by atoms with E-state index in [4.69, 9.17) is 11.6 Å². The first-order chi connectivity index (χ1) is 8.11. The van der Waals surface area contributed by atoms with E-state index in [0.29, 0.717) is 6.04 Å². The molecule has 0 aliphatic heterocycles. The summed E-state index contributed by atoms with van der Waals surface area (Å²) in [6.07, 6.45) is 0. The number of benzene rings is 1. The summed E-state index contributed by atoms with van der Waals surface area (Å²) in [5, 5.41) is 4.02. The van der Waals surface area contributed by atoms with Crippen molar-refractivity contribution in [2.24, 2.45) is 0 Å². The molecule has 0 aliphatic carbocycles. The molecular formula is C13H13BrClNS. The molecule has 0 saturated heterocycles. The zero-order chi connectivity index (χ0) is 12.4. The first-order valence-electron chi connectivity index (χ1n) is 5.34. The van der Waals surface area contributed by atoms with Crippen molar-refractivity contribution in [1.82, 2.24) is 5.32 Å². The van der Waals surface area contributed by atoms with Gasteiger partial charge in [0, 0.05) is 25.8 Å². The van der Waals surface area contributed by atoms with Crippen molar-refractivity contribution in [1.29, 1.82) is 0 Å². The molecule has 0 spiro atoms. The van der Waals surface area contributed by atoms with E-state index < -0.39 is 0 Å². The molecule has 2 aromatic rings. The van der Waals surface area contributed by atoms with Crippen molar-refractivity contribution in [3.05, 3.63) is 44.7 Å². The number of halogens is 2. The lowest BCUT2D eigenvalue weighted by Crippen LogP contribution is -2.10. The van der Waals surface area contributed by atoms with E-state index in [1.807, 2.05) is 25.2 Å². The fraction of sp³-hybridized carbons (Fsp3) is 0.231. The van der Waals surface area contributed by atoms with Gasteiger partial charge in [-0.15, -0.1) is 11.3 Å². The topological polar surface area (TPSA) is 12.0 Å². The molecule has 1 aromatic heterocycles. The average Bonchev–Trinajstić information content (AvgIpc) is 2.77. The summed E-state index contributed by atoms with van der Waals surface area (Å²) in [5.74, 6) is 0. The molecule has 90 valence electrons. The van der Waals surface area contributed by atoms with E-state index in [1.54, 1.807) is 11.3 Å². The molecule has 0 radical (unpaired) electrons. The third-order valence-corrected chi connectivity index (χ3v) is 4.79. The normalized spacial score (nSPS) is 12.7. The Hall–Kier alpha value is -0.350. The Bertz CT molecular complexity index is 524. The van der Waals surface area contributed by atoms with Crippen LogP contribution in [0.1, 0.15) is 17.8 Å². The monoisotopic (exact) mass is 329 g/mol. The predicted octanol–water partition coefficient (Wildman–Crippen LogP) is 5.11. The molecule has 0 saturated carbocycles. The van der Waals surface area contributed by atoms with E-state index in [0.717, 1.165) is 15.1 Å². The SMILES string of the molecule is CNC(C)c1ccc(-c2ccc(Br)cc2Cl)s1. The molecule has 17 heavy (non-hydrogen) atoms. The summed E-state index contributed by atoms with van der Waals surface area (Å²) < 4.78 is 1.01. The lowest BCUT2D eigenvalue weighted by molar-refractivity contribution is 0.664. The van der Waals surface area contributed by atoms with Gasteiger partial charge in [-0.25, -0.2) is 0 Å². The van der Waals surface area contributed by atoms with Gasteiger partial charge < -0.3 is 5.32 Å². The van der Waals surface area contributed by atoms with Crippen molar-refractivity contribution < 1.29 is 0 Å². The van der Waals surface area contributed by atoms with Crippen LogP contribution in [0.15, 0.2) is 34.8 Å². The minimum atomic E-state index is 0.378. The third-order valence-electron chi connectivity index (χ3n) is 2.68. The highest BCUT2D eigenvalue weighted by atomic mass is 79.9.